The third kappa shape index (κ3) is 4.06. The molecule has 1 aliphatic heterocycles. The SMILES string of the molecule is Cc1nc(N[C@H]2CC[C@@H](NC(=O)c3cc(F)c(F)c(F)c3)C2)nc2c1NC(=O)[C@H](C)N2C. The molecule has 0 radical (unpaired) electrons. The number of halogens is 3. The highest BCUT2D eigenvalue weighted by atomic mass is 19.2. The average molecular weight is 448 g/mol. The van der Waals surface area contributed by atoms with Gasteiger partial charge in [-0.2, -0.15) is 4.98 Å². The molecule has 0 unspecified atom stereocenters. The van der Waals surface area contributed by atoms with E-state index in [1.165, 1.54) is 0 Å². The van der Waals surface area contributed by atoms with Crippen molar-refractivity contribution in [2.75, 3.05) is 22.6 Å². The van der Waals surface area contributed by atoms with E-state index in [9.17, 15) is 22.8 Å². The molecule has 2 aliphatic rings. The summed E-state index contributed by atoms with van der Waals surface area (Å²) in [4.78, 5) is 35.1. The van der Waals surface area contributed by atoms with Crippen molar-refractivity contribution in [1.82, 2.24) is 15.3 Å². The van der Waals surface area contributed by atoms with Crippen molar-refractivity contribution in [3.05, 3.63) is 40.8 Å². The first-order valence-electron chi connectivity index (χ1n) is 10.3. The number of likely N-dealkylation sites (N-methyl/N-ethyl adjacent to an activating group) is 1. The lowest BCUT2D eigenvalue weighted by Gasteiger charge is -2.32. The third-order valence-electron chi connectivity index (χ3n) is 5.96. The largest absolute Gasteiger partial charge is 0.351 e. The number of aromatic nitrogens is 2. The van der Waals surface area contributed by atoms with E-state index in [0.717, 1.165) is 6.42 Å². The van der Waals surface area contributed by atoms with Gasteiger partial charge in [-0.05, 0) is 45.2 Å². The lowest BCUT2D eigenvalue weighted by atomic mass is 10.1. The third-order valence-corrected chi connectivity index (χ3v) is 5.96. The van der Waals surface area contributed by atoms with Gasteiger partial charge in [-0.15, -0.1) is 0 Å². The van der Waals surface area contributed by atoms with E-state index in [1.807, 2.05) is 0 Å². The Hall–Kier alpha value is -3.37. The minimum absolute atomic E-state index is 0.0275. The van der Waals surface area contributed by atoms with E-state index < -0.39 is 23.4 Å². The van der Waals surface area contributed by atoms with Crippen LogP contribution in [-0.4, -0.2) is 47.0 Å². The molecule has 1 aliphatic carbocycles. The van der Waals surface area contributed by atoms with Crippen LogP contribution in [0.25, 0.3) is 0 Å². The number of hydrogen-bond acceptors (Lipinski definition) is 6. The summed E-state index contributed by atoms with van der Waals surface area (Å²) in [5.74, 6) is -4.17. The first kappa shape index (κ1) is 21.8. The number of hydrogen-bond donors (Lipinski definition) is 3. The summed E-state index contributed by atoms with van der Waals surface area (Å²) >= 11 is 0. The van der Waals surface area contributed by atoms with Gasteiger partial charge < -0.3 is 20.9 Å². The van der Waals surface area contributed by atoms with Crippen LogP contribution in [0.3, 0.4) is 0 Å². The maximum absolute atomic E-state index is 13.4. The van der Waals surface area contributed by atoms with E-state index >= 15 is 0 Å². The summed E-state index contributed by atoms with van der Waals surface area (Å²) in [6.45, 7) is 3.57. The average Bonchev–Trinajstić information content (AvgIpc) is 3.17. The van der Waals surface area contributed by atoms with Crippen molar-refractivity contribution >= 4 is 29.3 Å². The summed E-state index contributed by atoms with van der Waals surface area (Å²) in [6.07, 6.45) is 1.92. The zero-order valence-corrected chi connectivity index (χ0v) is 17.8. The van der Waals surface area contributed by atoms with Gasteiger partial charge in [0.15, 0.2) is 23.3 Å². The van der Waals surface area contributed by atoms with Crippen LogP contribution in [0.15, 0.2) is 12.1 Å². The Kier molecular flexibility index (Phi) is 5.66. The Morgan fingerprint density at radius 2 is 1.81 bits per heavy atom. The molecule has 11 heteroatoms. The molecule has 1 aromatic heterocycles. The molecule has 3 atom stereocenters. The molecule has 8 nitrogen and oxygen atoms in total. The van der Waals surface area contributed by atoms with Crippen molar-refractivity contribution in [3.8, 4) is 0 Å². The normalized spacial score (nSPS) is 22.4. The molecule has 32 heavy (non-hydrogen) atoms. The number of carbonyl (C=O) groups is 2. The first-order valence-corrected chi connectivity index (χ1v) is 10.3. The summed E-state index contributed by atoms with van der Waals surface area (Å²) in [5.41, 5.74) is 0.940. The lowest BCUT2D eigenvalue weighted by Crippen LogP contribution is -2.45. The second kappa shape index (κ2) is 8.29. The number of carbonyl (C=O) groups excluding carboxylic acids is 2. The van der Waals surface area contributed by atoms with E-state index in [-0.39, 0.29) is 29.6 Å². The summed E-state index contributed by atoms with van der Waals surface area (Å²) in [7, 11) is 1.79. The van der Waals surface area contributed by atoms with Crippen LogP contribution in [0, 0.1) is 24.4 Å². The smallest absolute Gasteiger partial charge is 0.251 e. The molecule has 2 aromatic rings. The Balaban J connectivity index is 1.41. The van der Waals surface area contributed by atoms with E-state index in [4.69, 9.17) is 0 Å². The number of amides is 2. The maximum Gasteiger partial charge on any atom is 0.251 e. The molecule has 1 fully saturated rings. The topological polar surface area (TPSA) is 99.2 Å². The molecular weight excluding hydrogens is 425 g/mol. The van der Waals surface area contributed by atoms with Crippen LogP contribution in [0.2, 0.25) is 0 Å². The van der Waals surface area contributed by atoms with Crippen molar-refractivity contribution in [2.45, 2.75) is 51.2 Å². The Morgan fingerprint density at radius 1 is 1.16 bits per heavy atom. The second-order valence-corrected chi connectivity index (χ2v) is 8.19. The number of rotatable bonds is 4. The van der Waals surface area contributed by atoms with Crippen LogP contribution in [0.5, 0.6) is 0 Å². The van der Waals surface area contributed by atoms with Gasteiger partial charge in [0.2, 0.25) is 11.9 Å². The van der Waals surface area contributed by atoms with Gasteiger partial charge in [0.25, 0.3) is 5.91 Å². The number of fused-ring (bicyclic) bond motifs is 1. The highest BCUT2D eigenvalue weighted by Gasteiger charge is 2.31. The molecule has 0 spiro atoms. The van der Waals surface area contributed by atoms with Crippen molar-refractivity contribution in [1.29, 1.82) is 0 Å². The van der Waals surface area contributed by atoms with Gasteiger partial charge in [-0.3, -0.25) is 9.59 Å². The van der Waals surface area contributed by atoms with E-state index in [0.29, 0.717) is 48.1 Å². The van der Waals surface area contributed by atoms with Crippen LogP contribution >= 0.6 is 0 Å². The van der Waals surface area contributed by atoms with Gasteiger partial charge in [0.05, 0.1) is 5.69 Å². The molecule has 2 heterocycles. The molecule has 3 N–H and O–H groups in total. The van der Waals surface area contributed by atoms with Gasteiger partial charge in [0, 0.05) is 24.7 Å². The van der Waals surface area contributed by atoms with Crippen LogP contribution in [0.4, 0.5) is 30.6 Å². The van der Waals surface area contributed by atoms with Crippen molar-refractivity contribution in [2.24, 2.45) is 0 Å². The van der Waals surface area contributed by atoms with Crippen LogP contribution < -0.4 is 20.9 Å². The molecule has 1 saturated carbocycles. The lowest BCUT2D eigenvalue weighted by molar-refractivity contribution is -0.117. The summed E-state index contributed by atoms with van der Waals surface area (Å²) in [6, 6.07) is 0.741. The van der Waals surface area contributed by atoms with Crippen LogP contribution in [0.1, 0.15) is 42.2 Å². The molecule has 2 amide bonds. The predicted molar refractivity (Wildman–Crippen MR) is 112 cm³/mol. The molecule has 1 aromatic carbocycles. The number of benzene rings is 1. The zero-order valence-electron chi connectivity index (χ0n) is 17.8. The number of anilines is 3. The fourth-order valence-corrected chi connectivity index (χ4v) is 3.99. The minimum Gasteiger partial charge on any atom is -0.351 e. The van der Waals surface area contributed by atoms with Crippen molar-refractivity contribution in [3.63, 3.8) is 0 Å². The van der Waals surface area contributed by atoms with Gasteiger partial charge >= 0.3 is 0 Å². The molecule has 170 valence electrons. The van der Waals surface area contributed by atoms with Crippen molar-refractivity contribution < 1.29 is 22.8 Å². The quantitative estimate of drug-likeness (QED) is 0.622. The Labute approximate surface area is 182 Å². The standard InChI is InChI=1S/C21H23F3N6O2/c1-9-17-18(30(3)10(2)19(31)28-17)29-21(25-9)27-13-5-4-12(8-13)26-20(32)11-6-14(22)16(24)15(23)7-11/h6-7,10,12-13H,4-5,8H2,1-3H3,(H,26,32)(H,28,31)(H,25,27,29)/t10-,12+,13-/m0/s1. The number of nitrogens with zero attached hydrogens (tertiary/aromatic N) is 3. The molecule has 0 bridgehead atoms. The van der Waals surface area contributed by atoms with Gasteiger partial charge in [0.1, 0.15) is 11.7 Å². The fourth-order valence-electron chi connectivity index (χ4n) is 3.99. The Bertz CT molecular complexity index is 1070. The van der Waals surface area contributed by atoms with Gasteiger partial charge in [-0.25, -0.2) is 18.2 Å². The van der Waals surface area contributed by atoms with E-state index in [1.54, 1.807) is 25.8 Å². The second-order valence-electron chi connectivity index (χ2n) is 8.19. The molecular formula is C21H23F3N6O2. The number of aryl methyl sites for hydroxylation is 1. The number of nitrogens with one attached hydrogen (secondary N) is 3. The zero-order chi connectivity index (χ0) is 23.2. The molecule has 0 saturated heterocycles. The first-order chi connectivity index (χ1) is 15.1. The van der Waals surface area contributed by atoms with Crippen LogP contribution in [-0.2, 0) is 4.79 Å². The van der Waals surface area contributed by atoms with E-state index in [2.05, 4.69) is 25.9 Å². The minimum atomic E-state index is -1.60. The summed E-state index contributed by atoms with van der Waals surface area (Å²) in [5, 5.41) is 8.82. The van der Waals surface area contributed by atoms with Gasteiger partial charge in [-0.1, -0.05) is 0 Å². The predicted octanol–water partition coefficient (Wildman–Crippen LogP) is 2.74. The monoisotopic (exact) mass is 448 g/mol. The highest BCUT2D eigenvalue weighted by Crippen LogP contribution is 2.33. The maximum atomic E-state index is 13.4. The molecule has 4 rings (SSSR count). The highest BCUT2D eigenvalue weighted by molar-refractivity contribution is 6.03. The summed E-state index contributed by atoms with van der Waals surface area (Å²) < 4.78 is 39.9. The Morgan fingerprint density at radius 3 is 2.50 bits per heavy atom. The fraction of sp³-hybridized carbons (Fsp3) is 0.429.